The van der Waals surface area contributed by atoms with E-state index in [-0.39, 0.29) is 29.7 Å². The van der Waals surface area contributed by atoms with Crippen LogP contribution in [0.4, 0.5) is 0 Å². The maximum atomic E-state index is 14.5. The molecule has 0 amide bonds. The molecule has 2 fully saturated rings. The summed E-state index contributed by atoms with van der Waals surface area (Å²) in [6.45, 7) is 16.5. The number of ether oxygens (including phenoxy) is 2. The molecular formula is C34H46O9. The number of hydrogen-bond donors (Lipinski definition) is 2. The van der Waals surface area contributed by atoms with E-state index in [0.717, 1.165) is 5.57 Å². The first-order valence-electron chi connectivity index (χ1n) is 15.0. The standard InChI is InChI=1S/C34H46O9/c1-18(35)42-23-16-31(7)24-12-11-20-21(15-22(37)28(40)30(20,5)6)33(24,9)26(39)17-32(31,8)27(23)34(10,41)25(38)13-14-29(3,4)43-19(2)36/h11,13-15,21,23-24,27,37,41H,12,16-17H2,1-10H3/b14-13+/t21-,23-,24+,27+,31+,32-,33+,34+/m1/s1. The molecule has 2 N–H and O–H groups in total. The quantitative estimate of drug-likeness (QED) is 0.251. The molecule has 0 spiro atoms. The Morgan fingerprint density at radius 1 is 1.00 bits per heavy atom. The van der Waals surface area contributed by atoms with E-state index in [4.69, 9.17) is 9.47 Å². The summed E-state index contributed by atoms with van der Waals surface area (Å²) >= 11 is 0. The number of esters is 2. The monoisotopic (exact) mass is 598 g/mol. The summed E-state index contributed by atoms with van der Waals surface area (Å²) < 4.78 is 11.1. The lowest BCUT2D eigenvalue weighted by atomic mass is 9.39. The average molecular weight is 599 g/mol. The minimum absolute atomic E-state index is 0.00221. The van der Waals surface area contributed by atoms with Gasteiger partial charge >= 0.3 is 11.9 Å². The van der Waals surface area contributed by atoms with Gasteiger partial charge in [0, 0.05) is 37.5 Å². The van der Waals surface area contributed by atoms with Crippen molar-refractivity contribution in [3.8, 4) is 0 Å². The molecule has 9 nitrogen and oxygen atoms in total. The largest absolute Gasteiger partial charge is 0.505 e. The van der Waals surface area contributed by atoms with Crippen LogP contribution in [0.3, 0.4) is 0 Å². The van der Waals surface area contributed by atoms with Crippen molar-refractivity contribution in [2.24, 2.45) is 39.4 Å². The Morgan fingerprint density at radius 2 is 1.60 bits per heavy atom. The van der Waals surface area contributed by atoms with E-state index in [9.17, 15) is 34.2 Å². The normalized spacial score (nSPS) is 38.2. The van der Waals surface area contributed by atoms with Gasteiger partial charge in [-0.15, -0.1) is 0 Å². The van der Waals surface area contributed by atoms with Gasteiger partial charge in [-0.1, -0.05) is 32.4 Å². The van der Waals surface area contributed by atoms with Crippen molar-refractivity contribution in [1.29, 1.82) is 0 Å². The third kappa shape index (κ3) is 4.73. The molecular weight excluding hydrogens is 552 g/mol. The fraction of sp³-hybridized carbons (Fsp3) is 0.676. The zero-order valence-electron chi connectivity index (χ0n) is 27.0. The molecule has 4 aliphatic rings. The predicted octanol–water partition coefficient (Wildman–Crippen LogP) is 4.76. The van der Waals surface area contributed by atoms with E-state index in [1.54, 1.807) is 27.7 Å². The van der Waals surface area contributed by atoms with E-state index in [2.05, 4.69) is 0 Å². The summed E-state index contributed by atoms with van der Waals surface area (Å²) in [7, 11) is 0. The Kier molecular flexibility index (Phi) is 7.62. The van der Waals surface area contributed by atoms with Crippen LogP contribution in [0.15, 0.2) is 35.6 Å². The van der Waals surface area contributed by atoms with Crippen molar-refractivity contribution >= 4 is 29.3 Å². The lowest BCUT2D eigenvalue weighted by Gasteiger charge is -2.63. The van der Waals surface area contributed by atoms with Gasteiger partial charge in [0.1, 0.15) is 23.1 Å². The van der Waals surface area contributed by atoms with Crippen molar-refractivity contribution in [3.63, 3.8) is 0 Å². The number of hydrogen-bond acceptors (Lipinski definition) is 9. The third-order valence-corrected chi connectivity index (χ3v) is 11.5. The number of allylic oxidation sites excluding steroid dienone is 4. The SMILES string of the molecule is CC(=O)O[C@@H]1C[C@@]2(C)[C@@H]3CC=C4[C@@H](C=C(O)C(=O)C4(C)C)[C@]3(C)C(=O)C[C@]2(C)[C@H]1[C@@](C)(O)C(=O)/C=C/C(C)(C)OC(C)=O. The highest BCUT2D eigenvalue weighted by Crippen LogP contribution is 2.74. The van der Waals surface area contributed by atoms with Gasteiger partial charge in [-0.05, 0) is 82.4 Å². The minimum Gasteiger partial charge on any atom is -0.505 e. The molecule has 236 valence electrons. The average Bonchev–Trinajstić information content (AvgIpc) is 3.07. The molecule has 0 saturated heterocycles. The first-order valence-corrected chi connectivity index (χ1v) is 15.0. The minimum atomic E-state index is -2.05. The molecule has 0 heterocycles. The Hall–Kier alpha value is -3.07. The molecule has 0 aromatic carbocycles. The van der Waals surface area contributed by atoms with Crippen LogP contribution < -0.4 is 0 Å². The van der Waals surface area contributed by atoms with E-state index in [1.165, 1.54) is 39.0 Å². The molecule has 8 atom stereocenters. The highest BCUT2D eigenvalue weighted by molar-refractivity contribution is 6.02. The molecule has 9 heteroatoms. The second kappa shape index (κ2) is 9.98. The van der Waals surface area contributed by atoms with Crippen molar-refractivity contribution in [1.82, 2.24) is 0 Å². The van der Waals surface area contributed by atoms with Crippen LogP contribution in [0.5, 0.6) is 0 Å². The van der Waals surface area contributed by atoms with Gasteiger partial charge in [0.25, 0.3) is 0 Å². The molecule has 0 aromatic rings. The van der Waals surface area contributed by atoms with Gasteiger partial charge in [-0.25, -0.2) is 0 Å². The number of Topliss-reactive ketones (excluding diaryl/α,β-unsaturated/α-hetero) is 2. The lowest BCUT2D eigenvalue weighted by molar-refractivity contribution is -0.181. The van der Waals surface area contributed by atoms with Crippen LogP contribution in [0.1, 0.15) is 88.5 Å². The molecule has 0 aromatic heterocycles. The van der Waals surface area contributed by atoms with Crippen LogP contribution >= 0.6 is 0 Å². The second-order valence-electron chi connectivity index (χ2n) is 15.0. The molecule has 0 aliphatic heterocycles. The number of aliphatic hydroxyl groups is 2. The first kappa shape index (κ1) is 32.8. The van der Waals surface area contributed by atoms with E-state index >= 15 is 0 Å². The molecule has 43 heavy (non-hydrogen) atoms. The molecule has 2 saturated carbocycles. The Morgan fingerprint density at radius 3 is 2.16 bits per heavy atom. The topological polar surface area (TPSA) is 144 Å². The lowest BCUT2D eigenvalue weighted by Crippen LogP contribution is -2.64. The van der Waals surface area contributed by atoms with E-state index in [0.29, 0.717) is 12.8 Å². The van der Waals surface area contributed by atoms with Crippen molar-refractivity contribution < 1.29 is 43.7 Å². The molecule has 4 rings (SSSR count). The smallest absolute Gasteiger partial charge is 0.303 e. The first-order chi connectivity index (χ1) is 19.5. The van der Waals surface area contributed by atoms with Crippen LogP contribution in [-0.4, -0.2) is 56.8 Å². The van der Waals surface area contributed by atoms with Gasteiger partial charge in [-0.2, -0.15) is 0 Å². The zero-order chi connectivity index (χ0) is 32.7. The Bertz CT molecular complexity index is 1380. The molecule has 4 aliphatic carbocycles. The fourth-order valence-electron chi connectivity index (χ4n) is 9.26. The summed E-state index contributed by atoms with van der Waals surface area (Å²) in [5.74, 6) is -4.31. The summed E-state index contributed by atoms with van der Waals surface area (Å²) in [6, 6.07) is 0. The van der Waals surface area contributed by atoms with Crippen LogP contribution in [0, 0.1) is 39.4 Å². The summed E-state index contributed by atoms with van der Waals surface area (Å²) in [4.78, 5) is 64.9. The van der Waals surface area contributed by atoms with Gasteiger partial charge < -0.3 is 19.7 Å². The fourth-order valence-corrected chi connectivity index (χ4v) is 9.26. The van der Waals surface area contributed by atoms with E-state index < -0.39 is 68.5 Å². The highest BCUT2D eigenvalue weighted by Gasteiger charge is 2.75. The predicted molar refractivity (Wildman–Crippen MR) is 157 cm³/mol. The van der Waals surface area contributed by atoms with Crippen molar-refractivity contribution in [2.45, 2.75) is 106 Å². The summed E-state index contributed by atoms with van der Waals surface area (Å²) in [5.41, 5.74) is -5.96. The number of carbonyl (C=O) groups is 5. The number of fused-ring (bicyclic) bond motifs is 5. The van der Waals surface area contributed by atoms with Crippen LogP contribution in [0.2, 0.25) is 0 Å². The number of carbonyl (C=O) groups excluding carboxylic acids is 5. The Balaban J connectivity index is 1.83. The maximum Gasteiger partial charge on any atom is 0.303 e. The molecule has 0 bridgehead atoms. The van der Waals surface area contributed by atoms with Crippen molar-refractivity contribution in [2.75, 3.05) is 0 Å². The number of ketones is 3. The van der Waals surface area contributed by atoms with Gasteiger partial charge in [0.05, 0.1) is 5.41 Å². The zero-order valence-corrected chi connectivity index (χ0v) is 27.0. The summed E-state index contributed by atoms with van der Waals surface area (Å²) in [5, 5.41) is 22.7. The second-order valence-corrected chi connectivity index (χ2v) is 15.0. The van der Waals surface area contributed by atoms with Crippen LogP contribution in [0.25, 0.3) is 0 Å². The van der Waals surface area contributed by atoms with Gasteiger partial charge in [-0.3, -0.25) is 24.0 Å². The third-order valence-electron chi connectivity index (χ3n) is 11.5. The number of aliphatic hydroxyl groups excluding tert-OH is 1. The van der Waals surface area contributed by atoms with Gasteiger partial charge in [0.15, 0.2) is 11.5 Å². The summed E-state index contributed by atoms with van der Waals surface area (Å²) in [6.07, 6.45) is 6.03. The Labute approximate surface area is 253 Å². The number of rotatable bonds is 6. The van der Waals surface area contributed by atoms with Crippen molar-refractivity contribution in [3.05, 3.63) is 35.6 Å². The molecule has 0 unspecified atom stereocenters. The van der Waals surface area contributed by atoms with E-state index in [1.807, 2.05) is 26.8 Å². The highest BCUT2D eigenvalue weighted by atomic mass is 16.6. The molecule has 0 radical (unpaired) electrons. The van der Waals surface area contributed by atoms with Gasteiger partial charge in [0.2, 0.25) is 5.78 Å². The van der Waals surface area contributed by atoms with Crippen LogP contribution in [-0.2, 0) is 33.4 Å². The maximum absolute atomic E-state index is 14.5.